The summed E-state index contributed by atoms with van der Waals surface area (Å²) in [4.78, 5) is 11.6. The fraction of sp³-hybridized carbons (Fsp3) is 0.0455. The van der Waals surface area contributed by atoms with Crippen LogP contribution in [0.5, 0.6) is 17.2 Å². The number of carbonyl (C=O) groups excluding carboxylic acids is 1. The molecule has 0 fully saturated rings. The van der Waals surface area contributed by atoms with Gasteiger partial charge < -0.3 is 18.6 Å². The highest BCUT2D eigenvalue weighted by molar-refractivity contribution is 6.59. The van der Waals surface area contributed by atoms with Gasteiger partial charge in [-0.2, -0.15) is 13.2 Å². The summed E-state index contributed by atoms with van der Waals surface area (Å²) in [6.07, 6.45) is -5.27. The Morgan fingerprint density at radius 2 is 1.39 bits per heavy atom. The van der Waals surface area contributed by atoms with Crippen molar-refractivity contribution in [3.05, 3.63) is 90.0 Å². The van der Waals surface area contributed by atoms with Crippen molar-refractivity contribution in [1.82, 2.24) is 0 Å². The molecule has 3 aromatic rings. The molecule has 0 unspecified atom stereocenters. The fourth-order valence-corrected chi connectivity index (χ4v) is 2.79. The first-order valence-corrected chi connectivity index (χ1v) is 9.10. The maximum atomic E-state index is 12.9. The second-order valence-electron chi connectivity index (χ2n) is 6.39. The Labute approximate surface area is 175 Å². The SMILES string of the molecule is O=C(O[B-]1(Oc2ccccc2C#Cc2ccccc2)Oc2ccccc2O1)C(F)(F)F. The number of para-hydroxylation sites is 3. The molecule has 1 aliphatic rings. The van der Waals surface area contributed by atoms with E-state index in [1.165, 1.54) is 18.2 Å². The lowest BCUT2D eigenvalue weighted by Crippen LogP contribution is -2.57. The topological polar surface area (TPSA) is 54.0 Å². The molecule has 5 nitrogen and oxygen atoms in total. The predicted octanol–water partition coefficient (Wildman–Crippen LogP) is 4.48. The smallest absolute Gasteiger partial charge is 0.610 e. The number of alkyl halides is 3. The highest BCUT2D eigenvalue weighted by Crippen LogP contribution is 2.39. The van der Waals surface area contributed by atoms with Gasteiger partial charge in [0, 0.05) is 5.56 Å². The minimum atomic E-state index is -5.27. The zero-order valence-corrected chi connectivity index (χ0v) is 15.8. The van der Waals surface area contributed by atoms with Crippen molar-refractivity contribution in [3.8, 4) is 29.1 Å². The van der Waals surface area contributed by atoms with Crippen molar-refractivity contribution >= 4 is 12.9 Å². The van der Waals surface area contributed by atoms with Gasteiger partial charge in [0.2, 0.25) is 0 Å². The van der Waals surface area contributed by atoms with Gasteiger partial charge in [-0.15, -0.1) is 0 Å². The van der Waals surface area contributed by atoms with Gasteiger partial charge in [0.1, 0.15) is 11.5 Å². The van der Waals surface area contributed by atoms with Gasteiger partial charge in [-0.1, -0.05) is 54.3 Å². The molecule has 156 valence electrons. The fourth-order valence-electron chi connectivity index (χ4n) is 2.79. The van der Waals surface area contributed by atoms with Crippen LogP contribution in [0.3, 0.4) is 0 Å². The molecular weight excluding hydrogens is 412 g/mol. The minimum Gasteiger partial charge on any atom is -0.610 e. The van der Waals surface area contributed by atoms with E-state index in [4.69, 9.17) is 14.0 Å². The monoisotopic (exact) mass is 425 g/mol. The standard InChI is InChI=1S/C22H13BF3O5/c24-22(25,26)21(27)31-23(29-19-12-6-7-13-20(19)30-23)28-18-11-5-4-10-17(18)15-14-16-8-2-1-3-9-16/h1-13H/q-1. The predicted molar refractivity (Wildman–Crippen MR) is 105 cm³/mol. The number of hydrogen-bond donors (Lipinski definition) is 0. The molecule has 0 N–H and O–H groups in total. The van der Waals surface area contributed by atoms with Crippen LogP contribution in [-0.2, 0) is 9.45 Å². The van der Waals surface area contributed by atoms with Crippen LogP contribution in [0, 0.1) is 11.8 Å². The van der Waals surface area contributed by atoms with Crippen LogP contribution in [0.25, 0.3) is 0 Å². The third kappa shape index (κ3) is 4.59. The Morgan fingerprint density at radius 3 is 2.03 bits per heavy atom. The highest BCUT2D eigenvalue weighted by atomic mass is 19.4. The summed E-state index contributed by atoms with van der Waals surface area (Å²) in [6, 6.07) is 21.5. The molecule has 1 aliphatic heterocycles. The Hall–Kier alpha value is -4.06. The van der Waals surface area contributed by atoms with E-state index >= 15 is 0 Å². The Kier molecular flexibility index (Phi) is 5.21. The van der Waals surface area contributed by atoms with E-state index in [1.807, 2.05) is 18.2 Å². The van der Waals surface area contributed by atoms with Gasteiger partial charge >= 0.3 is 19.1 Å². The normalized spacial score (nSPS) is 13.6. The summed E-state index contributed by atoms with van der Waals surface area (Å²) < 4.78 is 59.6. The zero-order valence-electron chi connectivity index (χ0n) is 15.8. The van der Waals surface area contributed by atoms with Crippen LogP contribution < -0.4 is 14.0 Å². The van der Waals surface area contributed by atoms with E-state index in [0.29, 0.717) is 5.56 Å². The quantitative estimate of drug-likeness (QED) is 0.458. The summed E-state index contributed by atoms with van der Waals surface area (Å²) in [5, 5.41) is 0. The third-order valence-corrected chi connectivity index (χ3v) is 4.15. The van der Waals surface area contributed by atoms with Crippen LogP contribution in [0.2, 0.25) is 0 Å². The van der Waals surface area contributed by atoms with Crippen LogP contribution >= 0.6 is 0 Å². The van der Waals surface area contributed by atoms with Gasteiger partial charge in [-0.25, -0.2) is 4.79 Å². The van der Waals surface area contributed by atoms with Crippen molar-refractivity contribution in [1.29, 1.82) is 0 Å². The molecule has 3 aromatic carbocycles. The van der Waals surface area contributed by atoms with E-state index in [0.717, 1.165) is 5.56 Å². The zero-order chi connectivity index (χ0) is 21.9. The lowest BCUT2D eigenvalue weighted by Gasteiger charge is -2.35. The lowest BCUT2D eigenvalue weighted by molar-refractivity contribution is -0.194. The highest BCUT2D eigenvalue weighted by Gasteiger charge is 2.54. The Morgan fingerprint density at radius 1 is 0.806 bits per heavy atom. The third-order valence-electron chi connectivity index (χ3n) is 4.15. The summed E-state index contributed by atoms with van der Waals surface area (Å²) in [7, 11) is 0. The average molecular weight is 425 g/mol. The molecule has 0 aliphatic carbocycles. The number of benzene rings is 3. The van der Waals surface area contributed by atoms with Gasteiger partial charge in [0.25, 0.3) is 0 Å². The first-order chi connectivity index (χ1) is 14.8. The van der Waals surface area contributed by atoms with E-state index in [1.54, 1.807) is 42.5 Å². The lowest BCUT2D eigenvalue weighted by atomic mass is 10.0. The van der Waals surface area contributed by atoms with E-state index < -0.39 is 19.1 Å². The molecule has 1 heterocycles. The maximum Gasteiger partial charge on any atom is 0.779 e. The Balaban J connectivity index is 1.68. The molecule has 0 bridgehead atoms. The summed E-state index contributed by atoms with van der Waals surface area (Å²) in [5.41, 5.74) is 1.06. The molecule has 0 radical (unpaired) electrons. The van der Waals surface area contributed by atoms with Gasteiger partial charge in [0.15, 0.2) is 0 Å². The molecule has 0 atom stereocenters. The first-order valence-electron chi connectivity index (χ1n) is 9.10. The number of rotatable bonds is 3. The maximum absolute atomic E-state index is 12.9. The van der Waals surface area contributed by atoms with Crippen LogP contribution in [0.15, 0.2) is 78.9 Å². The molecule has 31 heavy (non-hydrogen) atoms. The molecule has 0 amide bonds. The molecular formula is C22H13BF3O5-. The molecule has 0 saturated carbocycles. The van der Waals surface area contributed by atoms with E-state index in [2.05, 4.69) is 16.5 Å². The summed E-state index contributed by atoms with van der Waals surface area (Å²) in [5.74, 6) is 3.48. The van der Waals surface area contributed by atoms with Crippen molar-refractivity contribution in [2.24, 2.45) is 0 Å². The number of carbonyl (C=O) groups is 1. The minimum absolute atomic E-state index is 0.0220. The molecule has 4 rings (SSSR count). The number of hydrogen-bond acceptors (Lipinski definition) is 5. The summed E-state index contributed by atoms with van der Waals surface area (Å²) in [6.45, 7) is -3.63. The van der Waals surface area contributed by atoms with Crippen LogP contribution in [0.1, 0.15) is 11.1 Å². The summed E-state index contributed by atoms with van der Waals surface area (Å²) >= 11 is 0. The number of fused-ring (bicyclic) bond motifs is 1. The average Bonchev–Trinajstić information content (AvgIpc) is 3.11. The Bertz CT molecular complexity index is 1140. The molecule has 0 spiro atoms. The van der Waals surface area contributed by atoms with Crippen LogP contribution in [-0.4, -0.2) is 19.1 Å². The molecule has 0 aromatic heterocycles. The van der Waals surface area contributed by atoms with Gasteiger partial charge in [0.05, 0.1) is 11.3 Å². The van der Waals surface area contributed by atoms with E-state index in [-0.39, 0.29) is 17.2 Å². The van der Waals surface area contributed by atoms with Gasteiger partial charge in [-0.3, -0.25) is 0 Å². The van der Waals surface area contributed by atoms with Crippen molar-refractivity contribution in [2.75, 3.05) is 0 Å². The number of halogens is 3. The van der Waals surface area contributed by atoms with Crippen LogP contribution in [0.4, 0.5) is 13.2 Å². The van der Waals surface area contributed by atoms with Gasteiger partial charge in [-0.05, 0) is 36.4 Å². The second kappa shape index (κ2) is 7.99. The molecule has 9 heteroatoms. The second-order valence-corrected chi connectivity index (χ2v) is 6.39. The largest absolute Gasteiger partial charge is 0.779 e. The molecule has 0 saturated heterocycles. The van der Waals surface area contributed by atoms with Crippen molar-refractivity contribution in [2.45, 2.75) is 6.18 Å². The van der Waals surface area contributed by atoms with E-state index in [9.17, 15) is 18.0 Å². The van der Waals surface area contributed by atoms with Crippen molar-refractivity contribution < 1.29 is 36.6 Å². The van der Waals surface area contributed by atoms with Crippen molar-refractivity contribution in [3.63, 3.8) is 0 Å². The first kappa shape index (κ1) is 20.2.